The predicted octanol–water partition coefficient (Wildman–Crippen LogP) is 4.17. The molecule has 25 heavy (non-hydrogen) atoms. The average molecular weight is 342 g/mol. The molecule has 0 amide bonds. The first-order valence-electron chi connectivity index (χ1n) is 9.10. The zero-order valence-electron chi connectivity index (χ0n) is 15.5. The van der Waals surface area contributed by atoms with E-state index in [2.05, 4.69) is 20.8 Å². The molecule has 1 aliphatic heterocycles. The Morgan fingerprint density at radius 1 is 1.08 bits per heavy atom. The number of ether oxygens (including phenoxy) is 1. The first-order valence-corrected chi connectivity index (χ1v) is 9.10. The van der Waals surface area contributed by atoms with E-state index < -0.39 is 0 Å². The standard InChI is InChI=1S/C21H26O4/c1-5-6-16(22)20-17(23)9-14(10-18(20)24)19-12(3)11(2)13(4)21-15(19)7-8-25-21/h14,22H,5-10H2,1-4H3. The van der Waals surface area contributed by atoms with Crippen molar-refractivity contribution in [3.8, 4) is 5.75 Å². The lowest BCUT2D eigenvalue weighted by molar-refractivity contribution is -0.124. The largest absolute Gasteiger partial charge is 0.511 e. The molecule has 0 saturated heterocycles. The molecule has 1 heterocycles. The molecule has 2 aliphatic rings. The highest BCUT2D eigenvalue weighted by molar-refractivity contribution is 6.22. The molecule has 0 atom stereocenters. The smallest absolute Gasteiger partial charge is 0.170 e. The molecule has 1 aliphatic carbocycles. The van der Waals surface area contributed by atoms with Crippen LogP contribution < -0.4 is 4.74 Å². The van der Waals surface area contributed by atoms with E-state index in [0.717, 1.165) is 34.4 Å². The average Bonchev–Trinajstić information content (AvgIpc) is 3.02. The minimum absolute atomic E-state index is 0.0347. The fraction of sp³-hybridized carbons (Fsp3) is 0.524. The van der Waals surface area contributed by atoms with Gasteiger partial charge in [0.15, 0.2) is 11.6 Å². The van der Waals surface area contributed by atoms with Gasteiger partial charge < -0.3 is 9.84 Å². The van der Waals surface area contributed by atoms with Crippen molar-refractivity contribution in [2.45, 2.75) is 65.7 Å². The maximum atomic E-state index is 12.6. The van der Waals surface area contributed by atoms with Crippen LogP contribution in [0.25, 0.3) is 0 Å². The second-order valence-electron chi connectivity index (χ2n) is 7.22. The molecule has 134 valence electrons. The lowest BCUT2D eigenvalue weighted by Crippen LogP contribution is -2.27. The van der Waals surface area contributed by atoms with Crippen LogP contribution in [0.1, 0.15) is 66.3 Å². The van der Waals surface area contributed by atoms with Crippen LogP contribution in [0, 0.1) is 20.8 Å². The number of ketones is 2. The summed E-state index contributed by atoms with van der Waals surface area (Å²) in [4.78, 5) is 25.2. The van der Waals surface area contributed by atoms with Gasteiger partial charge in [-0.15, -0.1) is 0 Å². The Hall–Kier alpha value is -2.10. The fourth-order valence-corrected chi connectivity index (χ4v) is 4.25. The number of fused-ring (bicyclic) bond motifs is 1. The van der Waals surface area contributed by atoms with Crippen molar-refractivity contribution in [3.63, 3.8) is 0 Å². The molecule has 0 spiro atoms. The van der Waals surface area contributed by atoms with Gasteiger partial charge >= 0.3 is 0 Å². The quantitative estimate of drug-likeness (QED) is 0.508. The van der Waals surface area contributed by atoms with Gasteiger partial charge in [-0.25, -0.2) is 0 Å². The summed E-state index contributed by atoms with van der Waals surface area (Å²) in [6.45, 7) is 8.78. The number of aliphatic hydroxyl groups is 1. The van der Waals surface area contributed by atoms with Crippen molar-refractivity contribution in [3.05, 3.63) is 39.1 Å². The highest BCUT2D eigenvalue weighted by Crippen LogP contribution is 2.44. The van der Waals surface area contributed by atoms with Gasteiger partial charge in [0.05, 0.1) is 12.2 Å². The Labute approximate surface area is 148 Å². The van der Waals surface area contributed by atoms with Gasteiger partial charge in [0, 0.05) is 31.2 Å². The Kier molecular flexibility index (Phi) is 4.72. The lowest BCUT2D eigenvalue weighted by atomic mass is 9.75. The topological polar surface area (TPSA) is 63.6 Å². The van der Waals surface area contributed by atoms with Crippen LogP contribution in [-0.4, -0.2) is 23.3 Å². The van der Waals surface area contributed by atoms with E-state index in [9.17, 15) is 14.7 Å². The van der Waals surface area contributed by atoms with Crippen LogP contribution in [0.2, 0.25) is 0 Å². The molecule has 0 bridgehead atoms. The number of rotatable bonds is 3. The maximum Gasteiger partial charge on any atom is 0.170 e. The van der Waals surface area contributed by atoms with Crippen molar-refractivity contribution >= 4 is 11.6 Å². The summed E-state index contributed by atoms with van der Waals surface area (Å²) in [5, 5.41) is 10.1. The summed E-state index contributed by atoms with van der Waals surface area (Å²) in [6, 6.07) is 0. The number of carbonyl (C=O) groups excluding carboxylic acids is 2. The number of allylic oxidation sites excluding steroid dienone is 2. The molecule has 0 unspecified atom stereocenters. The van der Waals surface area contributed by atoms with Crippen LogP contribution in [0.5, 0.6) is 5.75 Å². The van der Waals surface area contributed by atoms with Crippen LogP contribution in [0.4, 0.5) is 0 Å². The second-order valence-corrected chi connectivity index (χ2v) is 7.22. The SMILES string of the molecule is CCCC(O)=C1C(=O)CC(c2c(C)c(C)c(C)c3c2CCO3)CC1=O. The molecule has 0 radical (unpaired) electrons. The van der Waals surface area contributed by atoms with Crippen LogP contribution in [0.15, 0.2) is 11.3 Å². The number of carbonyl (C=O) groups is 2. The molecular weight excluding hydrogens is 316 g/mol. The first kappa shape index (κ1) is 17.7. The number of aliphatic hydroxyl groups excluding tert-OH is 1. The van der Waals surface area contributed by atoms with E-state index in [-0.39, 0.29) is 41.7 Å². The second kappa shape index (κ2) is 6.66. The third kappa shape index (κ3) is 2.88. The third-order valence-electron chi connectivity index (χ3n) is 5.67. The molecule has 1 saturated carbocycles. The van der Waals surface area contributed by atoms with Crippen LogP contribution >= 0.6 is 0 Å². The minimum atomic E-state index is -0.225. The molecule has 3 rings (SSSR count). The summed E-state index contributed by atoms with van der Waals surface area (Å²) < 4.78 is 5.82. The zero-order chi connectivity index (χ0) is 18.3. The molecular formula is C21H26O4. The van der Waals surface area contributed by atoms with Gasteiger partial charge in [-0.2, -0.15) is 0 Å². The van der Waals surface area contributed by atoms with Gasteiger partial charge in [0.2, 0.25) is 0 Å². The Morgan fingerprint density at radius 2 is 1.72 bits per heavy atom. The van der Waals surface area contributed by atoms with E-state index in [1.54, 1.807) is 0 Å². The lowest BCUT2D eigenvalue weighted by Gasteiger charge is -2.27. The number of Topliss-reactive ketones (excluding diaryl/α,β-unsaturated/α-hetero) is 2. The van der Waals surface area contributed by atoms with Crippen molar-refractivity contribution < 1.29 is 19.4 Å². The molecule has 0 aromatic heterocycles. The summed E-state index contributed by atoms with van der Waals surface area (Å²) in [7, 11) is 0. The van der Waals surface area contributed by atoms with Crippen LogP contribution in [-0.2, 0) is 16.0 Å². The predicted molar refractivity (Wildman–Crippen MR) is 96.4 cm³/mol. The van der Waals surface area contributed by atoms with Crippen molar-refractivity contribution in [1.29, 1.82) is 0 Å². The Morgan fingerprint density at radius 3 is 2.32 bits per heavy atom. The van der Waals surface area contributed by atoms with E-state index in [4.69, 9.17) is 4.74 Å². The number of benzene rings is 1. The zero-order valence-corrected chi connectivity index (χ0v) is 15.5. The highest BCUT2D eigenvalue weighted by Gasteiger charge is 2.37. The Balaban J connectivity index is 2.03. The maximum absolute atomic E-state index is 12.6. The van der Waals surface area contributed by atoms with E-state index in [1.807, 2.05) is 6.92 Å². The van der Waals surface area contributed by atoms with E-state index >= 15 is 0 Å². The number of hydrogen-bond donors (Lipinski definition) is 1. The normalized spacial score (nSPS) is 19.8. The molecule has 1 aromatic carbocycles. The Bertz CT molecular complexity index is 766. The van der Waals surface area contributed by atoms with Crippen LogP contribution in [0.3, 0.4) is 0 Å². The van der Waals surface area contributed by atoms with Gasteiger partial charge in [-0.05, 0) is 55.4 Å². The summed E-state index contributed by atoms with van der Waals surface area (Å²) >= 11 is 0. The highest BCUT2D eigenvalue weighted by atomic mass is 16.5. The molecule has 4 nitrogen and oxygen atoms in total. The summed E-state index contributed by atoms with van der Waals surface area (Å²) in [6.07, 6.45) is 2.48. The molecule has 4 heteroatoms. The third-order valence-corrected chi connectivity index (χ3v) is 5.67. The van der Waals surface area contributed by atoms with E-state index in [1.165, 1.54) is 5.56 Å². The molecule has 1 fully saturated rings. The summed E-state index contributed by atoms with van der Waals surface area (Å²) in [5.74, 6) is 0.331. The van der Waals surface area contributed by atoms with Gasteiger partial charge in [-0.1, -0.05) is 6.92 Å². The van der Waals surface area contributed by atoms with Gasteiger partial charge in [-0.3, -0.25) is 9.59 Å². The molecule has 1 N–H and O–H groups in total. The van der Waals surface area contributed by atoms with Crippen molar-refractivity contribution in [1.82, 2.24) is 0 Å². The summed E-state index contributed by atoms with van der Waals surface area (Å²) in [5.41, 5.74) is 5.81. The van der Waals surface area contributed by atoms with Crippen molar-refractivity contribution in [2.24, 2.45) is 0 Å². The number of hydrogen-bond acceptors (Lipinski definition) is 4. The van der Waals surface area contributed by atoms with E-state index in [0.29, 0.717) is 19.4 Å². The van der Waals surface area contributed by atoms with Gasteiger partial charge in [0.25, 0.3) is 0 Å². The first-order chi connectivity index (χ1) is 11.9. The molecule has 1 aromatic rings. The monoisotopic (exact) mass is 342 g/mol. The fourth-order valence-electron chi connectivity index (χ4n) is 4.25. The minimum Gasteiger partial charge on any atom is -0.511 e. The van der Waals surface area contributed by atoms with Crippen molar-refractivity contribution in [2.75, 3.05) is 6.61 Å². The van der Waals surface area contributed by atoms with Gasteiger partial charge in [0.1, 0.15) is 11.5 Å².